The van der Waals surface area contributed by atoms with Gasteiger partial charge in [0.05, 0.1) is 10.9 Å². The average molecular weight is 551 g/mol. The number of nitrogens with one attached hydrogen (secondary N) is 2. The summed E-state index contributed by atoms with van der Waals surface area (Å²) in [7, 11) is -2.53. The van der Waals surface area contributed by atoms with E-state index in [9.17, 15) is 23.3 Å². The van der Waals surface area contributed by atoms with Gasteiger partial charge in [-0.2, -0.15) is 8.78 Å². The fourth-order valence-corrected chi connectivity index (χ4v) is 6.56. The van der Waals surface area contributed by atoms with Crippen LogP contribution < -0.4 is 20.7 Å². The molecule has 1 unspecified atom stereocenters. The summed E-state index contributed by atoms with van der Waals surface area (Å²) in [5.74, 6) is -2.85. The molecule has 0 saturated carbocycles. The maximum atomic E-state index is 14.4. The average Bonchev–Trinajstić information content (AvgIpc) is 3.22. The second kappa shape index (κ2) is 11.4. The van der Waals surface area contributed by atoms with Gasteiger partial charge in [0.1, 0.15) is 5.69 Å². The second-order valence-corrected chi connectivity index (χ2v) is 11.0. The highest BCUT2D eigenvalue weighted by Crippen LogP contribution is 2.47. The Balaban J connectivity index is 0.00000186. The zero-order valence-corrected chi connectivity index (χ0v) is 22.7. The number of nitrogens with zero attached hydrogens (tertiary/aromatic N) is 1. The van der Waals surface area contributed by atoms with E-state index in [1.807, 2.05) is 33.8 Å². The van der Waals surface area contributed by atoms with Crippen LogP contribution >= 0.6 is 19.0 Å². The number of H-pyrrole nitrogens is 1. The molecule has 4 aromatic rings. The van der Waals surface area contributed by atoms with Crippen molar-refractivity contribution >= 4 is 46.4 Å². The van der Waals surface area contributed by atoms with Crippen LogP contribution in [0.3, 0.4) is 0 Å². The van der Waals surface area contributed by atoms with Gasteiger partial charge < -0.3 is 14.8 Å². The minimum Gasteiger partial charge on any atom is -0.350 e. The molecular formula is C26H28ClF2N3O4P+. The van der Waals surface area contributed by atoms with Gasteiger partial charge in [-0.25, -0.2) is 0 Å². The predicted octanol–water partition coefficient (Wildman–Crippen LogP) is 5.07. The maximum Gasteiger partial charge on any atom is 0.268 e. The fourth-order valence-electron chi connectivity index (χ4n) is 4.03. The summed E-state index contributed by atoms with van der Waals surface area (Å²) in [5, 5.41) is 13.0. The summed E-state index contributed by atoms with van der Waals surface area (Å²) in [6.45, 7) is 7.19. The highest BCUT2D eigenvalue weighted by atomic mass is 35.5. The minimum absolute atomic E-state index is 0.0828. The van der Waals surface area contributed by atoms with Gasteiger partial charge in [-0.05, 0) is 44.2 Å². The molecule has 0 spiro atoms. The zero-order chi connectivity index (χ0) is 27.5. The van der Waals surface area contributed by atoms with Crippen molar-refractivity contribution in [2.75, 3.05) is 7.11 Å². The number of hydrogen-bond acceptors (Lipinski definition) is 4. The first kappa shape index (κ1) is 28.3. The highest BCUT2D eigenvalue weighted by Gasteiger charge is 2.36. The molecule has 0 aliphatic carbocycles. The van der Waals surface area contributed by atoms with Crippen LogP contribution in [0, 0.1) is 25.5 Å². The third-order valence-electron chi connectivity index (χ3n) is 5.55. The third-order valence-corrected chi connectivity index (χ3v) is 8.29. The highest BCUT2D eigenvalue weighted by molar-refractivity contribution is 7.75. The van der Waals surface area contributed by atoms with Crippen LogP contribution in [0.1, 0.15) is 41.0 Å². The number of amides is 1. The van der Waals surface area contributed by atoms with E-state index in [1.54, 1.807) is 30.3 Å². The standard InChI is InChI=1S/C24H21ClF2N3O4P.C2H6/c1-13-6-14(2)8-16(7-13)35(33,34-3)23-17-9-15(25)4-5-21(17)29-22(23)24(31)28-10-18-19(26)11-30(32)12-20(18)27;1-2/h4-9,11-12H,10H2,1-3H3,(H2-,28,29,31,32,33);1-2H3/p+1. The van der Waals surface area contributed by atoms with Crippen molar-refractivity contribution in [2.24, 2.45) is 0 Å². The number of aromatic nitrogens is 2. The zero-order valence-electron chi connectivity index (χ0n) is 21.0. The summed E-state index contributed by atoms with van der Waals surface area (Å²) in [5.41, 5.74) is 1.67. The Kier molecular flexibility index (Phi) is 8.74. The molecule has 0 aliphatic heterocycles. The summed E-state index contributed by atoms with van der Waals surface area (Å²) < 4.78 is 48.5. The molecule has 37 heavy (non-hydrogen) atoms. The van der Waals surface area contributed by atoms with E-state index in [4.69, 9.17) is 16.1 Å². The molecule has 2 heterocycles. The maximum absolute atomic E-state index is 14.4. The number of halogens is 3. The van der Waals surface area contributed by atoms with Crippen LogP contribution in [0.4, 0.5) is 8.78 Å². The lowest BCUT2D eigenvalue weighted by molar-refractivity contribution is -0.906. The summed E-state index contributed by atoms with van der Waals surface area (Å²) in [6, 6.07) is 10.2. The monoisotopic (exact) mass is 550 g/mol. The second-order valence-electron chi connectivity index (χ2n) is 8.11. The Bertz CT molecular complexity index is 1480. The number of carbonyl (C=O) groups excluding carboxylic acids is 1. The van der Waals surface area contributed by atoms with Gasteiger partial charge >= 0.3 is 0 Å². The molecule has 0 bridgehead atoms. The Morgan fingerprint density at radius 2 is 1.70 bits per heavy atom. The summed E-state index contributed by atoms with van der Waals surface area (Å²) in [4.78, 5) is 16.2. The number of fused-ring (bicyclic) bond motifs is 1. The molecule has 2 aromatic heterocycles. The number of pyridine rings is 1. The van der Waals surface area contributed by atoms with Gasteiger partial charge in [0.2, 0.25) is 0 Å². The summed E-state index contributed by atoms with van der Waals surface area (Å²) >= 11 is 6.21. The molecule has 0 radical (unpaired) electrons. The van der Waals surface area contributed by atoms with E-state index < -0.39 is 37.0 Å². The normalized spacial score (nSPS) is 12.5. The molecule has 0 fully saturated rings. The van der Waals surface area contributed by atoms with Crippen LogP contribution in [0.25, 0.3) is 10.9 Å². The molecule has 2 aromatic carbocycles. The van der Waals surface area contributed by atoms with E-state index in [-0.39, 0.29) is 15.7 Å². The lowest BCUT2D eigenvalue weighted by Gasteiger charge is -2.19. The molecule has 4 rings (SSSR count). The molecule has 196 valence electrons. The van der Waals surface area contributed by atoms with Gasteiger partial charge in [-0.1, -0.05) is 42.6 Å². The van der Waals surface area contributed by atoms with Gasteiger partial charge in [0.25, 0.3) is 25.7 Å². The van der Waals surface area contributed by atoms with E-state index in [0.29, 0.717) is 33.6 Å². The van der Waals surface area contributed by atoms with E-state index >= 15 is 0 Å². The van der Waals surface area contributed by atoms with Crippen LogP contribution in [0.2, 0.25) is 5.02 Å². The molecule has 11 heteroatoms. The first-order valence-corrected chi connectivity index (χ1v) is 13.5. The first-order valence-electron chi connectivity index (χ1n) is 11.5. The Labute approximate surface area is 218 Å². The number of aryl methyl sites for hydroxylation is 2. The van der Waals surface area contributed by atoms with E-state index in [2.05, 4.69) is 10.3 Å². The van der Waals surface area contributed by atoms with Gasteiger partial charge in [-0.3, -0.25) is 14.6 Å². The number of benzene rings is 2. The van der Waals surface area contributed by atoms with Gasteiger partial charge in [0.15, 0.2) is 11.6 Å². The third kappa shape index (κ3) is 5.69. The predicted molar refractivity (Wildman–Crippen MR) is 139 cm³/mol. The van der Waals surface area contributed by atoms with Crippen molar-refractivity contribution in [3.05, 3.63) is 87.8 Å². The summed E-state index contributed by atoms with van der Waals surface area (Å²) in [6.07, 6.45) is 1.33. The topological polar surface area (TPSA) is 95.3 Å². The van der Waals surface area contributed by atoms with Crippen molar-refractivity contribution in [2.45, 2.75) is 34.2 Å². The lowest BCUT2D eigenvalue weighted by Crippen LogP contribution is -2.33. The van der Waals surface area contributed by atoms with Gasteiger partial charge in [0, 0.05) is 39.6 Å². The molecule has 0 saturated heterocycles. The smallest absolute Gasteiger partial charge is 0.268 e. The SMILES string of the molecule is CC.COP(=O)(c1cc(C)cc(C)c1)c1c(C(=O)NCc2c(F)c[n+](O)cc2F)[nH]c2ccc(Cl)cc12. The van der Waals surface area contributed by atoms with Crippen molar-refractivity contribution in [3.63, 3.8) is 0 Å². The molecule has 0 aliphatic rings. The van der Waals surface area contributed by atoms with Crippen molar-refractivity contribution < 1.29 is 32.6 Å². The fraction of sp³-hybridized carbons (Fsp3) is 0.231. The molecule has 1 atom stereocenters. The van der Waals surface area contributed by atoms with Crippen LogP contribution in [0.5, 0.6) is 0 Å². The Morgan fingerprint density at radius 3 is 2.27 bits per heavy atom. The van der Waals surface area contributed by atoms with Crippen molar-refractivity contribution in [1.82, 2.24) is 10.3 Å². The molecular weight excluding hydrogens is 523 g/mol. The van der Waals surface area contributed by atoms with Crippen LogP contribution in [-0.4, -0.2) is 23.2 Å². The quantitative estimate of drug-likeness (QED) is 0.177. The first-order chi connectivity index (χ1) is 17.5. The molecule has 7 nitrogen and oxygen atoms in total. The van der Waals surface area contributed by atoms with Crippen LogP contribution in [0.15, 0.2) is 48.8 Å². The largest absolute Gasteiger partial charge is 0.350 e. The Hall–Kier alpha value is -3.26. The number of rotatable bonds is 6. The Morgan fingerprint density at radius 1 is 1.11 bits per heavy atom. The minimum atomic E-state index is -3.82. The molecule has 3 N–H and O–H groups in total. The van der Waals surface area contributed by atoms with E-state index in [1.165, 1.54) is 7.11 Å². The number of aromatic amines is 1. The van der Waals surface area contributed by atoms with E-state index in [0.717, 1.165) is 11.1 Å². The molecule has 1 amide bonds. The lowest BCUT2D eigenvalue weighted by atomic mass is 10.2. The van der Waals surface area contributed by atoms with Crippen molar-refractivity contribution in [3.8, 4) is 0 Å². The number of carbonyl (C=O) groups is 1. The van der Waals surface area contributed by atoms with Crippen molar-refractivity contribution in [1.29, 1.82) is 0 Å². The van der Waals surface area contributed by atoms with Gasteiger partial charge in [-0.15, -0.1) is 0 Å². The number of hydrogen-bond donors (Lipinski definition) is 3. The van der Waals surface area contributed by atoms with Crippen LogP contribution in [-0.2, 0) is 15.6 Å².